The van der Waals surface area contributed by atoms with Crippen LogP contribution in [0.25, 0.3) is 0 Å². The number of ether oxygens (including phenoxy) is 1. The molecule has 0 aromatic rings. The summed E-state index contributed by atoms with van der Waals surface area (Å²) in [5.41, 5.74) is 1.26. The van der Waals surface area contributed by atoms with Crippen molar-refractivity contribution in [2.24, 2.45) is 0 Å². The molecule has 0 saturated heterocycles. The molecule has 0 heterocycles. The largest absolute Gasteiger partial charge is 0.501 e. The molecule has 0 bridgehead atoms. The Kier molecular flexibility index (Phi) is 4.42. The average Bonchev–Trinajstić information content (AvgIpc) is 1.83. The molecule has 0 aliphatic rings. The van der Waals surface area contributed by atoms with E-state index in [1.807, 2.05) is 6.92 Å². The summed E-state index contributed by atoms with van der Waals surface area (Å²) < 4.78 is 4.91. The van der Waals surface area contributed by atoms with E-state index in [2.05, 4.69) is 13.8 Å². The fourth-order valence-electron chi connectivity index (χ4n) is 0.285. The first-order valence-electron chi connectivity index (χ1n) is 2.87. The van der Waals surface area contributed by atoms with Gasteiger partial charge in [0.05, 0.1) is 12.9 Å². The Bertz CT molecular complexity index is 74.5. The highest BCUT2D eigenvalue weighted by atomic mass is 16.5. The number of hydrogen-bond acceptors (Lipinski definition) is 1. The summed E-state index contributed by atoms with van der Waals surface area (Å²) in [6.45, 7) is 8.18. The Morgan fingerprint density at radius 3 is 2.75 bits per heavy atom. The smallest absolute Gasteiger partial charge is 0.0874 e. The van der Waals surface area contributed by atoms with Crippen LogP contribution in [0.2, 0.25) is 0 Å². The molecule has 0 aromatic heterocycles. The van der Waals surface area contributed by atoms with Crippen molar-refractivity contribution in [3.63, 3.8) is 0 Å². The van der Waals surface area contributed by atoms with E-state index in [1.54, 1.807) is 6.26 Å². The summed E-state index contributed by atoms with van der Waals surface area (Å²) in [5.74, 6) is 0. The van der Waals surface area contributed by atoms with Crippen LogP contribution in [-0.2, 0) is 4.74 Å². The van der Waals surface area contributed by atoms with Gasteiger partial charge in [0, 0.05) is 0 Å². The summed E-state index contributed by atoms with van der Waals surface area (Å²) in [4.78, 5) is 0. The van der Waals surface area contributed by atoms with Gasteiger partial charge in [0.1, 0.15) is 0 Å². The average molecular weight is 113 g/mol. The van der Waals surface area contributed by atoms with Crippen LogP contribution >= 0.6 is 0 Å². The first-order chi connectivity index (χ1) is 3.81. The lowest BCUT2D eigenvalue weighted by Crippen LogP contribution is -1.80. The fourth-order valence-corrected chi connectivity index (χ4v) is 0.285. The van der Waals surface area contributed by atoms with Crippen LogP contribution in [0.15, 0.2) is 11.8 Å². The first kappa shape index (κ1) is 7.54. The van der Waals surface area contributed by atoms with Gasteiger partial charge in [-0.05, 0) is 25.8 Å². The van der Waals surface area contributed by atoms with Crippen molar-refractivity contribution >= 4 is 0 Å². The van der Waals surface area contributed by atoms with Gasteiger partial charge in [-0.1, -0.05) is 6.92 Å². The highest BCUT2D eigenvalue weighted by molar-refractivity contribution is 4.90. The number of rotatable bonds is 3. The maximum atomic E-state index is 4.91. The molecular weight excluding hydrogens is 100 g/mol. The van der Waals surface area contributed by atoms with Crippen molar-refractivity contribution < 1.29 is 4.74 Å². The molecule has 0 rings (SSSR count). The second kappa shape index (κ2) is 4.69. The van der Waals surface area contributed by atoms with E-state index in [1.165, 1.54) is 5.57 Å². The van der Waals surface area contributed by atoms with Crippen LogP contribution in [0.4, 0.5) is 0 Å². The van der Waals surface area contributed by atoms with Gasteiger partial charge in [-0.3, -0.25) is 0 Å². The molecule has 0 N–H and O–H groups in total. The summed E-state index contributed by atoms with van der Waals surface area (Å²) in [6, 6.07) is 0. The van der Waals surface area contributed by atoms with Gasteiger partial charge in [0.2, 0.25) is 0 Å². The van der Waals surface area contributed by atoms with E-state index in [0.29, 0.717) is 6.61 Å². The van der Waals surface area contributed by atoms with Crippen molar-refractivity contribution in [3.8, 4) is 0 Å². The third-order valence-electron chi connectivity index (χ3n) is 0.960. The zero-order valence-corrected chi connectivity index (χ0v) is 5.61. The molecule has 8 heavy (non-hydrogen) atoms. The maximum absolute atomic E-state index is 4.91. The Hall–Kier alpha value is -0.460. The molecule has 0 unspecified atom stereocenters. The zero-order chi connectivity index (χ0) is 6.41. The van der Waals surface area contributed by atoms with Crippen molar-refractivity contribution in [1.29, 1.82) is 0 Å². The molecule has 0 saturated carbocycles. The van der Waals surface area contributed by atoms with E-state index in [0.717, 1.165) is 6.42 Å². The van der Waals surface area contributed by atoms with Crippen LogP contribution in [-0.4, -0.2) is 6.61 Å². The van der Waals surface area contributed by atoms with Gasteiger partial charge in [-0.2, -0.15) is 0 Å². The van der Waals surface area contributed by atoms with Gasteiger partial charge in [0.15, 0.2) is 0 Å². The van der Waals surface area contributed by atoms with Gasteiger partial charge in [-0.25, -0.2) is 0 Å². The molecule has 1 radical (unpaired) electrons. The molecular formula is C7H13O. The topological polar surface area (TPSA) is 9.23 Å². The lowest BCUT2D eigenvalue weighted by Gasteiger charge is -1.95. The van der Waals surface area contributed by atoms with Crippen molar-refractivity contribution in [1.82, 2.24) is 0 Å². The monoisotopic (exact) mass is 113 g/mol. The van der Waals surface area contributed by atoms with E-state index < -0.39 is 0 Å². The Morgan fingerprint density at radius 2 is 2.38 bits per heavy atom. The van der Waals surface area contributed by atoms with E-state index in [4.69, 9.17) is 4.74 Å². The Balaban J connectivity index is 3.26. The Morgan fingerprint density at radius 1 is 1.75 bits per heavy atom. The van der Waals surface area contributed by atoms with E-state index in [-0.39, 0.29) is 0 Å². The molecule has 1 heteroatoms. The fraction of sp³-hybridized carbons (Fsp3) is 0.571. The highest BCUT2D eigenvalue weighted by Gasteiger charge is 1.79. The molecule has 0 spiro atoms. The molecule has 0 aliphatic carbocycles. The minimum absolute atomic E-state index is 0.525. The second-order valence-corrected chi connectivity index (χ2v) is 1.69. The quantitative estimate of drug-likeness (QED) is 0.509. The lowest BCUT2D eigenvalue weighted by atomic mass is 10.3. The van der Waals surface area contributed by atoms with Crippen LogP contribution in [0.5, 0.6) is 0 Å². The van der Waals surface area contributed by atoms with Crippen molar-refractivity contribution in [3.05, 3.63) is 18.8 Å². The molecule has 0 aliphatic heterocycles. The SMILES string of the molecule is [CH2]COC=C(C)CC. The summed E-state index contributed by atoms with van der Waals surface area (Å²) in [5, 5.41) is 0. The van der Waals surface area contributed by atoms with E-state index >= 15 is 0 Å². The predicted octanol–water partition coefficient (Wildman–Crippen LogP) is 2.15. The standard InChI is InChI=1S/C7H13O/c1-4-7(3)6-8-5-2/h6H,2,4-5H2,1,3H3. The lowest BCUT2D eigenvalue weighted by molar-refractivity contribution is 0.284. The predicted molar refractivity (Wildman–Crippen MR) is 35.4 cm³/mol. The van der Waals surface area contributed by atoms with Crippen LogP contribution in [0, 0.1) is 6.92 Å². The second-order valence-electron chi connectivity index (χ2n) is 1.69. The van der Waals surface area contributed by atoms with Crippen molar-refractivity contribution in [2.75, 3.05) is 6.61 Å². The molecule has 0 fully saturated rings. The summed E-state index contributed by atoms with van der Waals surface area (Å²) in [7, 11) is 0. The van der Waals surface area contributed by atoms with Crippen LogP contribution in [0.1, 0.15) is 20.3 Å². The van der Waals surface area contributed by atoms with Gasteiger partial charge >= 0.3 is 0 Å². The Labute approximate surface area is 51.4 Å². The minimum Gasteiger partial charge on any atom is -0.501 e. The third-order valence-corrected chi connectivity index (χ3v) is 0.960. The zero-order valence-electron chi connectivity index (χ0n) is 5.61. The molecule has 0 amide bonds. The molecule has 1 nitrogen and oxygen atoms in total. The van der Waals surface area contributed by atoms with Crippen LogP contribution < -0.4 is 0 Å². The summed E-state index contributed by atoms with van der Waals surface area (Å²) in [6.07, 6.45) is 2.81. The third kappa shape index (κ3) is 3.72. The van der Waals surface area contributed by atoms with E-state index in [9.17, 15) is 0 Å². The highest BCUT2D eigenvalue weighted by Crippen LogP contribution is 1.96. The molecule has 0 atom stereocenters. The minimum atomic E-state index is 0.525. The number of allylic oxidation sites excluding steroid dienone is 1. The van der Waals surface area contributed by atoms with Crippen LogP contribution in [0.3, 0.4) is 0 Å². The molecule has 47 valence electrons. The van der Waals surface area contributed by atoms with Crippen molar-refractivity contribution in [2.45, 2.75) is 20.3 Å². The summed E-state index contributed by atoms with van der Waals surface area (Å²) >= 11 is 0. The first-order valence-corrected chi connectivity index (χ1v) is 2.87. The number of hydrogen-bond donors (Lipinski definition) is 0. The van der Waals surface area contributed by atoms with Gasteiger partial charge in [0.25, 0.3) is 0 Å². The van der Waals surface area contributed by atoms with Gasteiger partial charge < -0.3 is 4.74 Å². The van der Waals surface area contributed by atoms with Gasteiger partial charge in [-0.15, -0.1) is 0 Å². The molecule has 0 aromatic carbocycles. The maximum Gasteiger partial charge on any atom is 0.0874 e. The normalized spacial score (nSPS) is 11.6.